The number of halogens is 3. The molecule has 36 heavy (non-hydrogen) atoms. The highest BCUT2D eigenvalue weighted by atomic mass is 35.5. The number of hydrogen-bond donors (Lipinski definition) is 1. The molecule has 1 N–H and O–H groups in total. The molecule has 0 saturated carbocycles. The van der Waals surface area contributed by atoms with E-state index < -0.39 is 5.82 Å². The monoisotopic (exact) mass is 509 g/mol. The molecular weight excluding hydrogens is 480 g/mol. The second-order valence-electron chi connectivity index (χ2n) is 9.55. The second-order valence-corrected chi connectivity index (χ2v) is 9.95. The van der Waals surface area contributed by atoms with E-state index in [-0.39, 0.29) is 23.6 Å². The van der Waals surface area contributed by atoms with Crippen LogP contribution in [0.3, 0.4) is 0 Å². The van der Waals surface area contributed by atoms with Gasteiger partial charge in [-0.05, 0) is 90.3 Å². The molecule has 3 nitrogen and oxygen atoms in total. The summed E-state index contributed by atoms with van der Waals surface area (Å²) in [6.45, 7) is 2.21. The molecule has 2 aliphatic rings. The summed E-state index contributed by atoms with van der Waals surface area (Å²) in [5, 5.41) is 10.2. The van der Waals surface area contributed by atoms with E-state index in [0.717, 1.165) is 72.5 Å². The lowest BCUT2D eigenvalue weighted by Gasteiger charge is -2.19. The summed E-state index contributed by atoms with van der Waals surface area (Å²) in [5.41, 5.74) is 5.37. The van der Waals surface area contributed by atoms with Crippen molar-refractivity contribution in [1.82, 2.24) is 4.90 Å². The molecule has 0 spiro atoms. The highest BCUT2D eigenvalue weighted by molar-refractivity contribution is 6.31. The number of aromatic hydroxyl groups is 1. The molecule has 1 aliphatic carbocycles. The molecule has 3 aromatic carbocycles. The largest absolute Gasteiger partial charge is 0.508 e. The SMILES string of the molecule is Oc1ccc2c(c1)CCCC(c1cccc(Cl)c1F)=C2c1ccc(OC2CCN(CCCF)C2)cc1. The number of phenolic OH excluding ortho intramolecular Hbond substituents is 1. The number of allylic oxidation sites excluding steroid dienone is 1. The number of phenols is 1. The van der Waals surface area contributed by atoms with Crippen molar-refractivity contribution >= 4 is 22.7 Å². The van der Waals surface area contributed by atoms with E-state index in [0.29, 0.717) is 18.4 Å². The van der Waals surface area contributed by atoms with Gasteiger partial charge in [0.15, 0.2) is 0 Å². The number of likely N-dealkylation sites (tertiary alicyclic amines) is 1. The first-order valence-corrected chi connectivity index (χ1v) is 13.0. The van der Waals surface area contributed by atoms with Crippen molar-refractivity contribution in [3.8, 4) is 11.5 Å². The van der Waals surface area contributed by atoms with Crippen molar-refractivity contribution in [2.45, 2.75) is 38.2 Å². The summed E-state index contributed by atoms with van der Waals surface area (Å²) in [4.78, 5) is 2.24. The first-order valence-electron chi connectivity index (χ1n) is 12.6. The van der Waals surface area contributed by atoms with E-state index >= 15 is 4.39 Å². The number of fused-ring (bicyclic) bond motifs is 1. The number of ether oxygens (including phenoxy) is 1. The molecule has 0 amide bonds. The quantitative estimate of drug-likeness (QED) is 0.363. The van der Waals surface area contributed by atoms with Crippen LogP contribution < -0.4 is 4.74 Å². The third-order valence-electron chi connectivity index (χ3n) is 7.09. The van der Waals surface area contributed by atoms with Crippen molar-refractivity contribution in [1.29, 1.82) is 0 Å². The minimum atomic E-state index is -0.410. The topological polar surface area (TPSA) is 32.7 Å². The Balaban J connectivity index is 1.50. The Hall–Kier alpha value is -2.89. The van der Waals surface area contributed by atoms with E-state index in [9.17, 15) is 9.50 Å². The fourth-order valence-corrected chi connectivity index (χ4v) is 5.56. The number of alkyl halides is 1. The number of hydrogen-bond acceptors (Lipinski definition) is 3. The maximum Gasteiger partial charge on any atom is 0.149 e. The molecule has 5 rings (SSSR count). The van der Waals surface area contributed by atoms with Gasteiger partial charge in [-0.1, -0.05) is 41.9 Å². The van der Waals surface area contributed by atoms with Gasteiger partial charge >= 0.3 is 0 Å². The first kappa shape index (κ1) is 24.8. The number of aryl methyl sites for hydroxylation is 1. The zero-order valence-corrected chi connectivity index (χ0v) is 20.9. The van der Waals surface area contributed by atoms with Gasteiger partial charge in [0.1, 0.15) is 23.4 Å². The van der Waals surface area contributed by atoms with Gasteiger partial charge < -0.3 is 9.84 Å². The van der Waals surface area contributed by atoms with Crippen LogP contribution in [0, 0.1) is 5.82 Å². The van der Waals surface area contributed by atoms with Crippen LogP contribution in [0.2, 0.25) is 5.02 Å². The Morgan fingerprint density at radius 2 is 1.86 bits per heavy atom. The van der Waals surface area contributed by atoms with Gasteiger partial charge in [0.25, 0.3) is 0 Å². The molecule has 0 aromatic heterocycles. The smallest absolute Gasteiger partial charge is 0.149 e. The van der Waals surface area contributed by atoms with Gasteiger partial charge in [-0.15, -0.1) is 0 Å². The number of benzene rings is 3. The van der Waals surface area contributed by atoms with E-state index in [1.165, 1.54) is 0 Å². The fourth-order valence-electron chi connectivity index (χ4n) is 5.38. The highest BCUT2D eigenvalue weighted by Crippen LogP contribution is 2.42. The Bertz CT molecular complexity index is 1260. The molecule has 0 radical (unpaired) electrons. The van der Waals surface area contributed by atoms with Crippen LogP contribution in [0.15, 0.2) is 60.7 Å². The van der Waals surface area contributed by atoms with Gasteiger partial charge in [0, 0.05) is 25.2 Å². The summed E-state index contributed by atoms with van der Waals surface area (Å²) < 4.78 is 33.9. The van der Waals surface area contributed by atoms with E-state index in [1.54, 1.807) is 30.3 Å². The van der Waals surface area contributed by atoms with E-state index in [2.05, 4.69) is 4.90 Å². The van der Waals surface area contributed by atoms with Crippen LogP contribution in [-0.2, 0) is 6.42 Å². The fraction of sp³-hybridized carbons (Fsp3) is 0.333. The van der Waals surface area contributed by atoms with Crippen LogP contribution in [-0.4, -0.2) is 42.4 Å². The second kappa shape index (κ2) is 11.0. The van der Waals surface area contributed by atoms with E-state index in [4.69, 9.17) is 16.3 Å². The van der Waals surface area contributed by atoms with Crippen molar-refractivity contribution in [3.05, 3.63) is 93.8 Å². The predicted molar refractivity (Wildman–Crippen MR) is 141 cm³/mol. The molecule has 1 fully saturated rings. The van der Waals surface area contributed by atoms with Gasteiger partial charge in [-0.2, -0.15) is 0 Å². The van der Waals surface area contributed by atoms with E-state index in [1.807, 2.05) is 30.3 Å². The number of rotatable bonds is 7. The normalized spacial score (nSPS) is 18.2. The van der Waals surface area contributed by atoms with Crippen molar-refractivity contribution in [2.75, 3.05) is 26.3 Å². The number of nitrogens with zero attached hydrogens (tertiary/aromatic N) is 1. The molecule has 1 atom stereocenters. The predicted octanol–water partition coefficient (Wildman–Crippen LogP) is 7.29. The van der Waals surface area contributed by atoms with Gasteiger partial charge in [0.05, 0.1) is 11.7 Å². The van der Waals surface area contributed by atoms with Gasteiger partial charge in [-0.3, -0.25) is 9.29 Å². The van der Waals surface area contributed by atoms with Crippen molar-refractivity contribution in [3.63, 3.8) is 0 Å². The standard InChI is InChI=1S/C30H30ClF2NO2/c31-28-7-2-6-27(30(28)33)26-5-1-4-21-18-22(35)10-13-25(21)29(26)20-8-11-23(12-9-20)36-24-14-17-34(19-24)16-3-15-32/h2,6-13,18,24,35H,1,3-5,14-17,19H2. The van der Waals surface area contributed by atoms with Crippen LogP contribution in [0.25, 0.3) is 11.1 Å². The van der Waals surface area contributed by atoms with Crippen LogP contribution in [0.1, 0.15) is 47.9 Å². The zero-order chi connectivity index (χ0) is 25.1. The minimum Gasteiger partial charge on any atom is -0.508 e. The summed E-state index contributed by atoms with van der Waals surface area (Å²) in [5.74, 6) is 0.602. The lowest BCUT2D eigenvalue weighted by atomic mass is 9.87. The Morgan fingerprint density at radius 3 is 2.67 bits per heavy atom. The molecule has 1 heterocycles. The lowest BCUT2D eigenvalue weighted by molar-refractivity contribution is 0.198. The lowest BCUT2D eigenvalue weighted by Crippen LogP contribution is -2.26. The molecule has 3 aromatic rings. The molecular formula is C30H30ClF2NO2. The van der Waals surface area contributed by atoms with Crippen molar-refractivity contribution in [2.24, 2.45) is 0 Å². The third-order valence-corrected chi connectivity index (χ3v) is 7.38. The van der Waals surface area contributed by atoms with Crippen LogP contribution in [0.4, 0.5) is 8.78 Å². The highest BCUT2D eigenvalue weighted by Gasteiger charge is 2.25. The molecule has 1 aliphatic heterocycles. The Kier molecular flexibility index (Phi) is 7.59. The summed E-state index contributed by atoms with van der Waals surface area (Å²) in [6.07, 6.45) is 3.90. The maximum absolute atomic E-state index is 15.2. The summed E-state index contributed by atoms with van der Waals surface area (Å²) in [6, 6.07) is 18.5. The van der Waals surface area contributed by atoms with Crippen molar-refractivity contribution < 1.29 is 18.6 Å². The summed E-state index contributed by atoms with van der Waals surface area (Å²) in [7, 11) is 0. The molecule has 188 valence electrons. The average molecular weight is 510 g/mol. The summed E-state index contributed by atoms with van der Waals surface area (Å²) >= 11 is 6.16. The zero-order valence-electron chi connectivity index (χ0n) is 20.2. The van der Waals surface area contributed by atoms with Gasteiger partial charge in [0.2, 0.25) is 0 Å². The first-order chi connectivity index (χ1) is 17.5. The minimum absolute atomic E-state index is 0.0902. The maximum atomic E-state index is 15.2. The van der Waals surface area contributed by atoms with Crippen LogP contribution in [0.5, 0.6) is 11.5 Å². The third kappa shape index (κ3) is 5.28. The molecule has 0 bridgehead atoms. The van der Waals surface area contributed by atoms with Crippen LogP contribution >= 0.6 is 11.6 Å². The molecule has 1 unspecified atom stereocenters. The molecule has 6 heteroatoms. The average Bonchev–Trinajstić information content (AvgIpc) is 3.24. The van der Waals surface area contributed by atoms with Gasteiger partial charge in [-0.25, -0.2) is 4.39 Å². The Labute approximate surface area is 216 Å². The Morgan fingerprint density at radius 1 is 1.03 bits per heavy atom. The molecule has 1 saturated heterocycles.